The van der Waals surface area contributed by atoms with E-state index in [-0.39, 0.29) is 12.4 Å². The molecule has 3 aromatic heterocycles. The Morgan fingerprint density at radius 2 is 0.667 bits per heavy atom. The highest BCUT2D eigenvalue weighted by atomic mass is 35.5. The summed E-state index contributed by atoms with van der Waals surface area (Å²) in [5.74, 6) is 0. The fourth-order valence-corrected chi connectivity index (χ4v) is 5.18. The maximum atomic E-state index is 4.51. The zero-order valence-electron chi connectivity index (χ0n) is 24.6. The van der Waals surface area contributed by atoms with Gasteiger partial charge in [-0.2, -0.15) is 15.3 Å². The van der Waals surface area contributed by atoms with Crippen LogP contribution in [0.5, 0.6) is 0 Å². The summed E-state index contributed by atoms with van der Waals surface area (Å²) in [5.41, 5.74) is 6.52. The molecule has 9 N–H and O–H groups in total. The molecule has 0 aromatic carbocycles. The van der Waals surface area contributed by atoms with Crippen molar-refractivity contribution in [1.29, 1.82) is 0 Å². The molecule has 0 atom stereocenters. The lowest BCUT2D eigenvalue weighted by Crippen LogP contribution is -2.40. The van der Waals surface area contributed by atoms with Crippen molar-refractivity contribution in [2.45, 2.75) is 39.3 Å². The van der Waals surface area contributed by atoms with Gasteiger partial charge >= 0.3 is 0 Å². The highest BCUT2D eigenvalue weighted by molar-refractivity contribution is 5.85. The molecule has 0 radical (unpaired) electrons. The van der Waals surface area contributed by atoms with Crippen LogP contribution in [0.1, 0.15) is 34.2 Å². The van der Waals surface area contributed by atoms with E-state index in [2.05, 4.69) is 90.5 Å². The zero-order chi connectivity index (χ0) is 28.0. The minimum Gasteiger partial charge on any atom is -0.310 e. The van der Waals surface area contributed by atoms with Gasteiger partial charge in [-0.1, -0.05) is 0 Å². The maximum absolute atomic E-state index is 4.51. The first kappa shape index (κ1) is 32.5. The van der Waals surface area contributed by atoms with Crippen LogP contribution in [-0.2, 0) is 39.3 Å². The lowest BCUT2D eigenvalue weighted by Gasteiger charge is -2.23. The summed E-state index contributed by atoms with van der Waals surface area (Å²) >= 11 is 0. The first-order valence-electron chi connectivity index (χ1n) is 15.1. The molecule has 3 aliphatic heterocycles. The van der Waals surface area contributed by atoms with E-state index in [4.69, 9.17) is 0 Å². The third kappa shape index (κ3) is 11.4. The number of hydrogen-bond acceptors (Lipinski definition) is 11. The number of nitrogens with one attached hydrogen (secondary N) is 9. The van der Waals surface area contributed by atoms with E-state index in [1.165, 1.54) is 0 Å². The van der Waals surface area contributed by atoms with Gasteiger partial charge in [0.2, 0.25) is 0 Å². The number of H-pyrrole nitrogens is 3. The lowest BCUT2D eigenvalue weighted by molar-refractivity contribution is 0.270. The van der Waals surface area contributed by atoms with Crippen LogP contribution in [0.15, 0.2) is 18.2 Å². The second-order valence-corrected chi connectivity index (χ2v) is 10.9. The maximum Gasteiger partial charge on any atom is 0.0763 e. The molecule has 42 heavy (non-hydrogen) atoms. The minimum absolute atomic E-state index is 0. The van der Waals surface area contributed by atoms with Crippen LogP contribution in [0.2, 0.25) is 0 Å². The Labute approximate surface area is 254 Å². The molecular weight excluding hydrogens is 556 g/mol. The highest BCUT2D eigenvalue weighted by Gasteiger charge is 2.10. The van der Waals surface area contributed by atoms with E-state index in [0.29, 0.717) is 0 Å². The molecule has 0 unspecified atom stereocenters. The number of hydrogen-bond donors (Lipinski definition) is 9. The van der Waals surface area contributed by atoms with Gasteiger partial charge in [-0.15, -0.1) is 12.4 Å². The van der Waals surface area contributed by atoms with Crippen LogP contribution < -0.4 is 31.9 Å². The van der Waals surface area contributed by atoms with Gasteiger partial charge in [-0.05, 0) is 18.2 Å². The van der Waals surface area contributed by atoms with Crippen molar-refractivity contribution in [3.05, 3.63) is 52.4 Å². The van der Waals surface area contributed by atoms with Crippen molar-refractivity contribution in [1.82, 2.24) is 72.3 Å². The van der Waals surface area contributed by atoms with Crippen LogP contribution in [-0.4, -0.2) is 119 Å². The molecule has 0 fully saturated rings. The molecule has 15 heteroatoms. The van der Waals surface area contributed by atoms with Crippen LogP contribution in [0.4, 0.5) is 0 Å². The summed E-state index contributed by atoms with van der Waals surface area (Å²) in [6, 6.07) is 6.48. The van der Waals surface area contributed by atoms with Gasteiger partial charge in [0, 0.05) is 135 Å². The lowest BCUT2D eigenvalue weighted by atomic mass is 10.3. The number of nitrogens with zero attached hydrogens (tertiary/aromatic N) is 5. The molecule has 0 saturated heterocycles. The first-order valence-corrected chi connectivity index (χ1v) is 15.1. The quantitative estimate of drug-likeness (QED) is 0.152. The average molecular weight is 605 g/mol. The van der Waals surface area contributed by atoms with Crippen molar-refractivity contribution in [3.63, 3.8) is 0 Å². The van der Waals surface area contributed by atoms with Crippen molar-refractivity contribution in [3.8, 4) is 0 Å². The number of fused-ring (bicyclic) bond motifs is 18. The average Bonchev–Trinajstić information content (AvgIpc) is 3.74. The van der Waals surface area contributed by atoms with Crippen molar-refractivity contribution >= 4 is 12.4 Å². The van der Waals surface area contributed by atoms with Crippen LogP contribution >= 0.6 is 12.4 Å². The Hall–Kier alpha value is -2.40. The number of halogens is 1. The Balaban J connectivity index is 0.00000405. The minimum atomic E-state index is 0. The van der Waals surface area contributed by atoms with Crippen molar-refractivity contribution < 1.29 is 0 Å². The number of aromatic nitrogens is 6. The van der Waals surface area contributed by atoms with Crippen molar-refractivity contribution in [2.24, 2.45) is 0 Å². The molecule has 0 saturated carbocycles. The number of aromatic amines is 3. The normalized spacial score (nSPS) is 23.1. The van der Waals surface area contributed by atoms with Gasteiger partial charge in [-0.25, -0.2) is 0 Å². The molecule has 6 heterocycles. The molecule has 3 aromatic rings. The Morgan fingerprint density at radius 1 is 0.405 bits per heavy atom. The molecule has 3 aliphatic rings. The third-order valence-corrected chi connectivity index (χ3v) is 7.55. The SMILES string of the molecule is Cl.c1c2n[nH]c1CNCCN1CCNCc3cc(n[nH]3)CNCCN(CCNC2)CCNCc2cc([nH]n2)CNCC1. The summed E-state index contributed by atoms with van der Waals surface area (Å²) in [6.45, 7) is 15.9. The van der Waals surface area contributed by atoms with Crippen LogP contribution in [0.25, 0.3) is 0 Å². The fraction of sp³-hybridized carbons (Fsp3) is 0.667. The monoisotopic (exact) mass is 604 g/mol. The predicted molar refractivity (Wildman–Crippen MR) is 166 cm³/mol. The van der Waals surface area contributed by atoms with Gasteiger partial charge in [0.15, 0.2) is 0 Å². The molecule has 0 aliphatic carbocycles. The van der Waals surface area contributed by atoms with Crippen LogP contribution in [0.3, 0.4) is 0 Å². The van der Waals surface area contributed by atoms with Gasteiger partial charge < -0.3 is 31.9 Å². The molecule has 0 spiro atoms. The van der Waals surface area contributed by atoms with Crippen molar-refractivity contribution in [2.75, 3.05) is 78.5 Å². The second kappa shape index (κ2) is 18.3. The van der Waals surface area contributed by atoms with Gasteiger partial charge in [0.25, 0.3) is 0 Å². The van der Waals surface area contributed by atoms with E-state index in [0.717, 1.165) is 152 Å². The summed E-state index contributed by atoms with van der Waals surface area (Å²) in [7, 11) is 0. The van der Waals surface area contributed by atoms with E-state index in [9.17, 15) is 0 Å². The third-order valence-electron chi connectivity index (χ3n) is 7.55. The van der Waals surface area contributed by atoms with Gasteiger partial charge in [0.1, 0.15) is 0 Å². The Morgan fingerprint density at radius 3 is 0.952 bits per heavy atom. The highest BCUT2D eigenvalue weighted by Crippen LogP contribution is 2.02. The van der Waals surface area contributed by atoms with E-state index in [1.807, 2.05) is 0 Å². The molecule has 0 amide bonds. The predicted octanol–water partition coefficient (Wildman–Crippen LogP) is -1.15. The summed E-state index contributed by atoms with van der Waals surface area (Å²) in [5, 5.41) is 44.6. The first-order chi connectivity index (χ1) is 20.3. The van der Waals surface area contributed by atoms with E-state index in [1.54, 1.807) is 0 Å². The molecular formula is C27H49ClN14. The Bertz CT molecular complexity index is 912. The van der Waals surface area contributed by atoms with E-state index >= 15 is 0 Å². The second-order valence-electron chi connectivity index (χ2n) is 10.9. The largest absolute Gasteiger partial charge is 0.310 e. The molecule has 234 valence electrons. The van der Waals surface area contributed by atoms with Gasteiger partial charge in [0.05, 0.1) is 17.1 Å². The molecule has 14 nitrogen and oxygen atoms in total. The molecule has 6 rings (SSSR count). The summed E-state index contributed by atoms with van der Waals surface area (Å²) in [4.78, 5) is 4.99. The van der Waals surface area contributed by atoms with Gasteiger partial charge in [-0.3, -0.25) is 25.1 Å². The summed E-state index contributed by atoms with van der Waals surface area (Å²) < 4.78 is 0. The standard InChI is InChI=1S/C27H48N14.ClH/c1-7-40-8-2-29-18-24-14-26(38-36-24)20-32-5-11-41(10-4-31-17-23-13-22(16-28-1)34-35-23)12-6-33-21-27-15-25(37-39-27)19-30-3-9-40;/h13-15,28-33H,1-12,16-21H2,(H,34,35)(H,36,38)(H,37,39);1H. The molecule has 8 bridgehead atoms. The van der Waals surface area contributed by atoms with E-state index < -0.39 is 0 Å². The van der Waals surface area contributed by atoms with Crippen LogP contribution in [0, 0.1) is 0 Å². The fourth-order valence-electron chi connectivity index (χ4n) is 5.18. The summed E-state index contributed by atoms with van der Waals surface area (Å²) in [6.07, 6.45) is 0. The topological polar surface area (TPSA) is 165 Å². The Kier molecular flexibility index (Phi) is 14.2. The smallest absolute Gasteiger partial charge is 0.0763 e. The number of rotatable bonds is 0. The zero-order valence-corrected chi connectivity index (χ0v) is 25.4.